The molecule has 50 heavy (non-hydrogen) atoms. The molecule has 4 rings (SSSR count). The lowest BCUT2D eigenvalue weighted by Gasteiger charge is -2.43. The zero-order valence-corrected chi connectivity index (χ0v) is 30.1. The molecule has 0 fully saturated rings. The Hall–Kier alpha value is -4.66. The Bertz CT molecular complexity index is 1450. The molecular weight excluding hydrogens is 628 g/mol. The van der Waals surface area contributed by atoms with Crippen molar-refractivity contribution in [3.8, 4) is 0 Å². The standard InChI is InChI=1S/C42H52N2O6/c1-41(2,3)49-37(35(27-31-19-11-7-12-20-31)43-39(45)47-29-33-23-15-9-16-24-33)38(50-42(4,5)6)36(28-32-21-13-8-14-22-32)44-40(46)48-30-34-25-17-10-18-26-34/h7-26,35-38H,27-30H2,1-6H3,(H,43,45)(H,44,46)/t35-,36-,37+,38+/m1/s1. The molecule has 4 aromatic carbocycles. The minimum atomic E-state index is -0.748. The predicted molar refractivity (Wildman–Crippen MR) is 197 cm³/mol. The smallest absolute Gasteiger partial charge is 0.407 e. The molecule has 8 heteroatoms. The van der Waals surface area contributed by atoms with Gasteiger partial charge in [-0.25, -0.2) is 9.59 Å². The lowest BCUT2D eigenvalue weighted by atomic mass is 9.89. The van der Waals surface area contributed by atoms with E-state index < -0.39 is 47.7 Å². The lowest BCUT2D eigenvalue weighted by Crippen LogP contribution is -2.61. The van der Waals surface area contributed by atoms with Crippen LogP contribution in [-0.4, -0.2) is 47.7 Å². The van der Waals surface area contributed by atoms with Crippen LogP contribution in [0.1, 0.15) is 63.8 Å². The highest BCUT2D eigenvalue weighted by Gasteiger charge is 2.42. The van der Waals surface area contributed by atoms with Gasteiger partial charge in [0.05, 0.1) is 23.3 Å². The Labute approximate surface area is 297 Å². The average Bonchev–Trinajstić information content (AvgIpc) is 3.08. The number of ether oxygens (including phenoxy) is 4. The summed E-state index contributed by atoms with van der Waals surface area (Å²) in [4.78, 5) is 27.1. The Morgan fingerprint density at radius 3 is 1.04 bits per heavy atom. The molecule has 0 saturated carbocycles. The summed E-state index contributed by atoms with van der Waals surface area (Å²) in [6, 6.07) is 37.7. The van der Waals surface area contributed by atoms with Crippen molar-refractivity contribution in [1.29, 1.82) is 0 Å². The molecule has 0 aliphatic heterocycles. The van der Waals surface area contributed by atoms with Crippen molar-refractivity contribution in [1.82, 2.24) is 10.6 Å². The third-order valence-electron chi connectivity index (χ3n) is 7.73. The monoisotopic (exact) mass is 680 g/mol. The molecule has 4 aromatic rings. The molecule has 0 aliphatic carbocycles. The largest absolute Gasteiger partial charge is 0.445 e. The van der Waals surface area contributed by atoms with Gasteiger partial charge in [-0.2, -0.15) is 0 Å². The zero-order chi connectivity index (χ0) is 36.0. The van der Waals surface area contributed by atoms with Crippen LogP contribution in [0.25, 0.3) is 0 Å². The van der Waals surface area contributed by atoms with Gasteiger partial charge >= 0.3 is 12.2 Å². The molecular formula is C42H52N2O6. The van der Waals surface area contributed by atoms with Crippen LogP contribution in [-0.2, 0) is 45.0 Å². The molecule has 2 N–H and O–H groups in total. The fourth-order valence-electron chi connectivity index (χ4n) is 5.64. The van der Waals surface area contributed by atoms with E-state index in [-0.39, 0.29) is 13.2 Å². The van der Waals surface area contributed by atoms with Crippen molar-refractivity contribution in [2.24, 2.45) is 0 Å². The van der Waals surface area contributed by atoms with E-state index in [1.54, 1.807) is 0 Å². The van der Waals surface area contributed by atoms with E-state index in [9.17, 15) is 9.59 Å². The van der Waals surface area contributed by atoms with Crippen LogP contribution < -0.4 is 10.6 Å². The summed E-state index contributed by atoms with van der Waals surface area (Å²) in [6.45, 7) is 12.0. The molecule has 0 unspecified atom stereocenters. The van der Waals surface area contributed by atoms with Crippen molar-refractivity contribution in [3.63, 3.8) is 0 Å². The second-order valence-corrected chi connectivity index (χ2v) is 14.4. The number of carbonyl (C=O) groups excluding carboxylic acids is 2. The van der Waals surface area contributed by atoms with Gasteiger partial charge in [0.25, 0.3) is 0 Å². The number of hydrogen-bond donors (Lipinski definition) is 2. The minimum Gasteiger partial charge on any atom is -0.445 e. The van der Waals surface area contributed by atoms with Crippen molar-refractivity contribution in [3.05, 3.63) is 144 Å². The van der Waals surface area contributed by atoms with Crippen molar-refractivity contribution in [2.75, 3.05) is 0 Å². The summed E-state index contributed by atoms with van der Waals surface area (Å²) in [6.07, 6.45) is -1.82. The predicted octanol–water partition coefficient (Wildman–Crippen LogP) is 8.43. The van der Waals surface area contributed by atoms with Gasteiger partial charge < -0.3 is 29.6 Å². The lowest BCUT2D eigenvalue weighted by molar-refractivity contribution is -0.180. The second kappa shape index (κ2) is 18.4. The van der Waals surface area contributed by atoms with Crippen molar-refractivity contribution < 1.29 is 28.5 Å². The van der Waals surface area contributed by atoms with Crippen molar-refractivity contribution in [2.45, 2.75) is 103 Å². The summed E-state index contributed by atoms with van der Waals surface area (Å²) in [5.74, 6) is 0. The summed E-state index contributed by atoms with van der Waals surface area (Å²) in [7, 11) is 0. The van der Waals surface area contributed by atoms with Crippen molar-refractivity contribution >= 4 is 12.2 Å². The Balaban J connectivity index is 1.73. The van der Waals surface area contributed by atoms with Gasteiger partial charge in [0, 0.05) is 0 Å². The summed E-state index contributed by atoms with van der Waals surface area (Å²) in [5.41, 5.74) is 2.43. The summed E-state index contributed by atoms with van der Waals surface area (Å²) >= 11 is 0. The maximum absolute atomic E-state index is 13.5. The SMILES string of the molecule is CC(C)(C)O[C@H]([C@@H](OC(C)(C)C)[C@@H](Cc1ccccc1)NC(=O)OCc1ccccc1)[C@@H](Cc1ccccc1)NC(=O)OCc1ccccc1. The highest BCUT2D eigenvalue weighted by atomic mass is 16.6. The van der Waals surface area contributed by atoms with E-state index in [0.717, 1.165) is 22.3 Å². The average molecular weight is 681 g/mol. The molecule has 4 atom stereocenters. The number of benzene rings is 4. The van der Waals surface area contributed by atoms with Gasteiger partial charge in [0.1, 0.15) is 25.4 Å². The van der Waals surface area contributed by atoms with Crippen LogP contribution in [0.15, 0.2) is 121 Å². The van der Waals surface area contributed by atoms with Crippen LogP contribution in [0.2, 0.25) is 0 Å². The van der Waals surface area contributed by atoms with Crippen LogP contribution in [0.5, 0.6) is 0 Å². The molecule has 0 aliphatic rings. The number of amides is 2. The first-order valence-electron chi connectivity index (χ1n) is 17.2. The first-order valence-corrected chi connectivity index (χ1v) is 17.2. The van der Waals surface area contributed by atoms with Crippen LogP contribution >= 0.6 is 0 Å². The summed E-state index contributed by atoms with van der Waals surface area (Å²) in [5, 5.41) is 6.27. The number of hydrogen-bond acceptors (Lipinski definition) is 6. The molecule has 2 amide bonds. The Morgan fingerprint density at radius 2 is 0.760 bits per heavy atom. The first kappa shape index (κ1) is 38.1. The number of rotatable bonds is 15. The third-order valence-corrected chi connectivity index (χ3v) is 7.73. The molecule has 0 bridgehead atoms. The van der Waals surface area contributed by atoms with E-state index in [4.69, 9.17) is 18.9 Å². The molecule has 8 nitrogen and oxygen atoms in total. The van der Waals surface area contributed by atoms with Gasteiger partial charge in [-0.05, 0) is 76.6 Å². The number of alkyl carbamates (subject to hydrolysis) is 2. The van der Waals surface area contributed by atoms with E-state index >= 15 is 0 Å². The minimum absolute atomic E-state index is 0.114. The van der Waals surface area contributed by atoms with Gasteiger partial charge in [0.2, 0.25) is 0 Å². The van der Waals surface area contributed by atoms with Gasteiger partial charge in [-0.3, -0.25) is 0 Å². The fraction of sp³-hybridized carbons (Fsp3) is 0.381. The van der Waals surface area contributed by atoms with Gasteiger partial charge in [-0.15, -0.1) is 0 Å². The number of nitrogens with one attached hydrogen (secondary N) is 2. The molecule has 0 radical (unpaired) electrons. The Kier molecular flexibility index (Phi) is 14.0. The topological polar surface area (TPSA) is 95.1 Å². The normalized spacial score (nSPS) is 14.1. The van der Waals surface area contributed by atoms with E-state index in [0.29, 0.717) is 12.8 Å². The number of carbonyl (C=O) groups is 2. The molecule has 0 saturated heterocycles. The fourth-order valence-corrected chi connectivity index (χ4v) is 5.64. The molecule has 0 aromatic heterocycles. The maximum atomic E-state index is 13.5. The van der Waals surface area contributed by atoms with E-state index in [2.05, 4.69) is 10.6 Å². The highest BCUT2D eigenvalue weighted by molar-refractivity contribution is 5.68. The molecule has 0 spiro atoms. The van der Waals surface area contributed by atoms with Gasteiger partial charge in [-0.1, -0.05) is 121 Å². The van der Waals surface area contributed by atoms with E-state index in [1.165, 1.54) is 0 Å². The van der Waals surface area contributed by atoms with E-state index in [1.807, 2.05) is 163 Å². The Morgan fingerprint density at radius 1 is 0.480 bits per heavy atom. The second-order valence-electron chi connectivity index (χ2n) is 14.4. The first-order chi connectivity index (χ1) is 23.8. The highest BCUT2D eigenvalue weighted by Crippen LogP contribution is 2.28. The van der Waals surface area contributed by atoms with Crippen LogP contribution in [0, 0.1) is 0 Å². The zero-order valence-electron chi connectivity index (χ0n) is 30.1. The van der Waals surface area contributed by atoms with Crippen LogP contribution in [0.3, 0.4) is 0 Å². The van der Waals surface area contributed by atoms with Gasteiger partial charge in [0.15, 0.2) is 0 Å². The summed E-state index contributed by atoms with van der Waals surface area (Å²) < 4.78 is 25.2. The van der Waals surface area contributed by atoms with Crippen LogP contribution in [0.4, 0.5) is 9.59 Å². The quantitative estimate of drug-likeness (QED) is 0.131. The molecule has 266 valence electrons. The third kappa shape index (κ3) is 13.7. The molecule has 0 heterocycles. The maximum Gasteiger partial charge on any atom is 0.407 e.